The second-order valence-electron chi connectivity index (χ2n) is 19.2. The highest BCUT2D eigenvalue weighted by Crippen LogP contribution is 2.58. The number of aromatic amines is 1. The third kappa shape index (κ3) is 7.64. The molecule has 3 unspecified atom stereocenters. The molecule has 0 saturated carbocycles. The third-order valence-corrected chi connectivity index (χ3v) is 16.0. The Hall–Kier alpha value is -4.08. The van der Waals surface area contributed by atoms with Crippen LogP contribution in [0.15, 0.2) is 47.4 Å². The van der Waals surface area contributed by atoms with Gasteiger partial charge in [-0.25, -0.2) is 4.79 Å². The Balaban J connectivity index is 1.56. The number of rotatable bonds is 12. The van der Waals surface area contributed by atoms with Crippen LogP contribution in [0.2, 0.25) is 0 Å². The molecule has 9 atom stereocenters. The Morgan fingerprint density at radius 1 is 1.05 bits per heavy atom. The Kier molecular flexibility index (Phi) is 12.9. The summed E-state index contributed by atoms with van der Waals surface area (Å²) in [7, 11) is 8.28. The molecule has 7 rings (SSSR count). The molecule has 1 aromatic heterocycles. The topological polar surface area (TPSA) is 154 Å². The van der Waals surface area contributed by atoms with E-state index in [-0.39, 0.29) is 5.92 Å². The number of hydrogen-bond acceptors (Lipinski definition) is 13. The average Bonchev–Trinajstić information content (AvgIpc) is 3.83. The number of nitrogens with zero attached hydrogens (tertiary/aromatic N) is 3. The second kappa shape index (κ2) is 17.4. The fourth-order valence-electron chi connectivity index (χ4n) is 12.4. The highest BCUT2D eigenvalue weighted by molar-refractivity contribution is 7.98. The SMILES string of the molecule is CC[C@]1(O)C[C@@H]2CN(CCc3c([nH]c4ccc(SC)cc34)[C@@](C(=O)OC)(c3cc([C@]4(C)CCN5CC=C[C@@](CC)([C@@H](OC(C)=O)C(C)(O)C(=O)OC)C54)c(N(C)C)cc3OC)C2)C1. The van der Waals surface area contributed by atoms with Gasteiger partial charge in [0.05, 0.1) is 26.9 Å². The lowest BCUT2D eigenvalue weighted by Crippen LogP contribution is -2.66. The fraction of sp³-hybridized carbons (Fsp3) is 0.612. The predicted octanol–water partition coefficient (Wildman–Crippen LogP) is 5.99. The number of H-pyrrole nitrogens is 1. The van der Waals surface area contributed by atoms with E-state index in [2.05, 4.69) is 57.1 Å². The number of esters is 3. The number of nitrogens with one attached hydrogen (secondary N) is 1. The molecule has 3 aromatic rings. The van der Waals surface area contributed by atoms with Crippen LogP contribution in [0.3, 0.4) is 0 Å². The van der Waals surface area contributed by atoms with Crippen molar-refractivity contribution in [2.45, 2.75) is 112 Å². The van der Waals surface area contributed by atoms with E-state index in [0.717, 1.165) is 38.3 Å². The monoisotopic (exact) mass is 888 g/mol. The Morgan fingerprint density at radius 3 is 2.41 bits per heavy atom. The summed E-state index contributed by atoms with van der Waals surface area (Å²) in [5.74, 6) is -1.52. The van der Waals surface area contributed by atoms with E-state index >= 15 is 4.79 Å². The maximum Gasteiger partial charge on any atom is 0.341 e. The molecular weight excluding hydrogens is 821 g/mol. The number of anilines is 1. The maximum absolute atomic E-state index is 15.5. The number of fused-ring (bicyclic) bond motifs is 6. The first-order valence-electron chi connectivity index (χ1n) is 22.3. The van der Waals surface area contributed by atoms with Crippen molar-refractivity contribution >= 4 is 46.3 Å². The van der Waals surface area contributed by atoms with E-state index in [1.807, 2.05) is 46.2 Å². The van der Waals surface area contributed by atoms with E-state index in [4.69, 9.17) is 18.9 Å². The lowest BCUT2D eigenvalue weighted by atomic mass is 9.57. The van der Waals surface area contributed by atoms with E-state index in [1.165, 1.54) is 28.1 Å². The molecule has 2 fully saturated rings. The van der Waals surface area contributed by atoms with Crippen LogP contribution in [-0.4, -0.2) is 141 Å². The molecule has 0 radical (unpaired) electrons. The summed E-state index contributed by atoms with van der Waals surface area (Å²) >= 11 is 1.67. The highest BCUT2D eigenvalue weighted by Gasteiger charge is 2.65. The number of piperidine rings is 1. The summed E-state index contributed by atoms with van der Waals surface area (Å²) in [6, 6.07) is 10.2. The number of carbonyl (C=O) groups is 3. The molecule has 63 heavy (non-hydrogen) atoms. The minimum Gasteiger partial charge on any atom is -0.496 e. The van der Waals surface area contributed by atoms with Crippen molar-refractivity contribution in [3.05, 3.63) is 64.9 Å². The second-order valence-corrected chi connectivity index (χ2v) is 20.0. The van der Waals surface area contributed by atoms with Gasteiger partial charge in [0.25, 0.3) is 0 Å². The smallest absolute Gasteiger partial charge is 0.341 e. The third-order valence-electron chi connectivity index (χ3n) is 15.2. The van der Waals surface area contributed by atoms with Crippen LogP contribution in [0.5, 0.6) is 5.75 Å². The molecule has 4 aliphatic rings. The lowest BCUT2D eigenvalue weighted by Gasteiger charge is -2.55. The molecular formula is C49H68N4O9S. The molecule has 0 aliphatic carbocycles. The minimum atomic E-state index is -2.20. The summed E-state index contributed by atoms with van der Waals surface area (Å²) < 4.78 is 23.7. The standard InChI is InChI=1S/C49H68N4O9S/c1-12-47(58)26-31-27-49(44(56)61-10,40-33(17-21-52(28-31)29-47)34-23-32(63-11)15-16-37(34)50-40)36-24-35(38(51(6)7)25-39(36)59-8)45(4)19-22-53-20-14-18-48(13-2,41(45)53)42(62-30(3)54)46(5,57)43(55)60-9/h14-16,18,23-25,31,41-42,50,57-58H,12-13,17,19-22,26-29H2,1-11H3/t31-,41?,42-,45-,46?,47-,48+,49-/m0/s1. The molecule has 3 N–H and O–H groups in total. The van der Waals surface area contributed by atoms with Crippen molar-refractivity contribution in [2.24, 2.45) is 11.3 Å². The van der Waals surface area contributed by atoms with Gasteiger partial charge < -0.3 is 39.0 Å². The van der Waals surface area contributed by atoms with E-state index in [1.54, 1.807) is 18.9 Å². The summed E-state index contributed by atoms with van der Waals surface area (Å²) in [6.07, 6.45) is 7.98. The van der Waals surface area contributed by atoms with Crippen molar-refractivity contribution in [2.75, 3.05) is 79.3 Å². The van der Waals surface area contributed by atoms with Crippen molar-refractivity contribution in [1.82, 2.24) is 14.8 Å². The zero-order chi connectivity index (χ0) is 45.9. The first kappa shape index (κ1) is 46.9. The quantitative estimate of drug-likeness (QED) is 0.0846. The molecule has 2 aromatic carbocycles. The first-order valence-corrected chi connectivity index (χ1v) is 23.6. The van der Waals surface area contributed by atoms with Gasteiger partial charge in [-0.05, 0) is 99.6 Å². The minimum absolute atomic E-state index is 0.0950. The zero-order valence-corrected chi connectivity index (χ0v) is 39.9. The van der Waals surface area contributed by atoms with Crippen LogP contribution in [-0.2, 0) is 45.8 Å². The van der Waals surface area contributed by atoms with Gasteiger partial charge in [-0.2, -0.15) is 0 Å². The Morgan fingerprint density at radius 2 is 1.79 bits per heavy atom. The molecule has 2 saturated heterocycles. The normalized spacial score (nSPS) is 30.8. The van der Waals surface area contributed by atoms with Gasteiger partial charge in [-0.3, -0.25) is 19.4 Å². The molecule has 13 nitrogen and oxygen atoms in total. The van der Waals surface area contributed by atoms with Crippen molar-refractivity contribution in [1.29, 1.82) is 0 Å². The summed E-state index contributed by atoms with van der Waals surface area (Å²) in [5.41, 5.74) is -1.17. The average molecular weight is 889 g/mol. The first-order chi connectivity index (χ1) is 29.8. The predicted molar refractivity (Wildman–Crippen MR) is 246 cm³/mol. The number of methoxy groups -OCH3 is 3. The number of aliphatic hydroxyl groups is 2. The van der Waals surface area contributed by atoms with Gasteiger partial charge >= 0.3 is 17.9 Å². The van der Waals surface area contributed by atoms with E-state index in [9.17, 15) is 19.8 Å². The van der Waals surface area contributed by atoms with Gasteiger partial charge in [0, 0.05) is 103 Å². The van der Waals surface area contributed by atoms with Crippen LogP contribution in [0.1, 0.15) is 89.1 Å². The zero-order valence-electron chi connectivity index (χ0n) is 39.1. The number of hydrogen-bond donors (Lipinski definition) is 3. The Labute approximate surface area is 376 Å². The number of ether oxygens (including phenoxy) is 4. The summed E-state index contributed by atoms with van der Waals surface area (Å²) in [4.78, 5) is 53.6. The van der Waals surface area contributed by atoms with Gasteiger partial charge in [0.2, 0.25) is 0 Å². The molecule has 14 heteroatoms. The lowest BCUT2D eigenvalue weighted by molar-refractivity contribution is -0.200. The van der Waals surface area contributed by atoms with E-state index < -0.39 is 57.5 Å². The van der Waals surface area contributed by atoms with Gasteiger partial charge in [0.1, 0.15) is 11.2 Å². The van der Waals surface area contributed by atoms with Gasteiger partial charge in [-0.1, -0.05) is 32.9 Å². The molecule has 4 aliphatic heterocycles. The fourth-order valence-corrected chi connectivity index (χ4v) is 12.8. The van der Waals surface area contributed by atoms with Crippen LogP contribution < -0.4 is 9.64 Å². The maximum atomic E-state index is 15.5. The van der Waals surface area contributed by atoms with Crippen molar-refractivity contribution in [3.8, 4) is 5.75 Å². The molecule has 0 amide bonds. The van der Waals surface area contributed by atoms with Crippen LogP contribution in [0, 0.1) is 11.3 Å². The molecule has 2 bridgehead atoms. The van der Waals surface area contributed by atoms with Gasteiger partial charge in [0.15, 0.2) is 11.7 Å². The molecule has 5 heterocycles. The molecule has 344 valence electrons. The van der Waals surface area contributed by atoms with Crippen LogP contribution in [0.25, 0.3) is 10.9 Å². The largest absolute Gasteiger partial charge is 0.496 e. The number of aromatic nitrogens is 1. The van der Waals surface area contributed by atoms with Crippen LogP contribution in [0.4, 0.5) is 5.69 Å². The van der Waals surface area contributed by atoms with Crippen molar-refractivity contribution in [3.63, 3.8) is 0 Å². The van der Waals surface area contributed by atoms with Crippen LogP contribution >= 0.6 is 11.8 Å². The summed E-state index contributed by atoms with van der Waals surface area (Å²) in [5, 5.41) is 25.2. The van der Waals surface area contributed by atoms with Gasteiger partial charge in [-0.15, -0.1) is 11.8 Å². The molecule has 0 spiro atoms. The summed E-state index contributed by atoms with van der Waals surface area (Å²) in [6.45, 7) is 12.2. The van der Waals surface area contributed by atoms with Crippen molar-refractivity contribution < 1.29 is 43.5 Å². The highest BCUT2D eigenvalue weighted by atomic mass is 32.2. The Bertz CT molecular complexity index is 2280. The number of benzene rings is 2. The number of thioether (sulfide) groups is 1. The van der Waals surface area contributed by atoms with E-state index in [0.29, 0.717) is 82.6 Å². The number of carbonyl (C=O) groups excluding carboxylic acids is 3.